The monoisotopic (exact) mass is 458 g/mol. The summed E-state index contributed by atoms with van der Waals surface area (Å²) in [7, 11) is 1.74. The van der Waals surface area contributed by atoms with Crippen molar-refractivity contribution in [3.63, 3.8) is 0 Å². The minimum absolute atomic E-state index is 0. The standard InChI is InChI=1S/C19H30N4O.HI/c1-15-8-10-16(11-9-15)14-22-19(20-2)21-13-12-18(24)23-17-6-4-3-5-7-17;/h8-11,17H,3-7,12-14H2,1-2H3,(H,23,24)(H2,20,21,22);1H. The van der Waals surface area contributed by atoms with Crippen LogP contribution in [0, 0.1) is 6.92 Å². The zero-order chi connectivity index (χ0) is 17.2. The Morgan fingerprint density at radius 1 is 1.12 bits per heavy atom. The van der Waals surface area contributed by atoms with Crippen molar-refractivity contribution in [2.24, 2.45) is 4.99 Å². The van der Waals surface area contributed by atoms with E-state index in [0.717, 1.165) is 18.8 Å². The molecule has 5 nitrogen and oxygen atoms in total. The van der Waals surface area contributed by atoms with E-state index < -0.39 is 0 Å². The van der Waals surface area contributed by atoms with Gasteiger partial charge in [-0.25, -0.2) is 0 Å². The van der Waals surface area contributed by atoms with E-state index in [1.54, 1.807) is 7.05 Å². The molecule has 1 amide bonds. The van der Waals surface area contributed by atoms with Gasteiger partial charge in [0.1, 0.15) is 0 Å². The van der Waals surface area contributed by atoms with Gasteiger partial charge in [0.05, 0.1) is 0 Å². The Kier molecular flexibility index (Phi) is 10.5. The third kappa shape index (κ3) is 8.56. The number of halogens is 1. The summed E-state index contributed by atoms with van der Waals surface area (Å²) in [6.07, 6.45) is 6.49. The van der Waals surface area contributed by atoms with Crippen LogP contribution in [0.4, 0.5) is 0 Å². The first-order valence-corrected chi connectivity index (χ1v) is 8.97. The van der Waals surface area contributed by atoms with Crippen LogP contribution in [0.1, 0.15) is 49.7 Å². The Balaban J connectivity index is 0.00000312. The van der Waals surface area contributed by atoms with Crippen LogP contribution in [0.3, 0.4) is 0 Å². The number of hydrogen-bond donors (Lipinski definition) is 3. The summed E-state index contributed by atoms with van der Waals surface area (Å²) in [6, 6.07) is 8.79. The van der Waals surface area contributed by atoms with Gasteiger partial charge in [0.25, 0.3) is 0 Å². The molecule has 140 valence electrons. The molecule has 1 aromatic carbocycles. The zero-order valence-electron chi connectivity index (χ0n) is 15.3. The lowest BCUT2D eigenvalue weighted by molar-refractivity contribution is -0.121. The number of amides is 1. The number of hydrogen-bond acceptors (Lipinski definition) is 2. The fourth-order valence-corrected chi connectivity index (χ4v) is 2.95. The van der Waals surface area contributed by atoms with Crippen LogP contribution in [-0.2, 0) is 11.3 Å². The molecule has 25 heavy (non-hydrogen) atoms. The van der Waals surface area contributed by atoms with E-state index in [1.165, 1.54) is 30.4 Å². The maximum atomic E-state index is 12.0. The number of nitrogens with one attached hydrogen (secondary N) is 3. The quantitative estimate of drug-likeness (QED) is 0.349. The van der Waals surface area contributed by atoms with E-state index in [9.17, 15) is 4.79 Å². The molecule has 0 saturated heterocycles. The largest absolute Gasteiger partial charge is 0.356 e. The predicted octanol–water partition coefficient (Wildman–Crippen LogP) is 3.12. The van der Waals surface area contributed by atoms with E-state index >= 15 is 0 Å². The molecule has 0 unspecified atom stereocenters. The number of aryl methyl sites for hydroxylation is 1. The Hall–Kier alpha value is -1.31. The molecule has 6 heteroatoms. The van der Waals surface area contributed by atoms with Crippen LogP contribution in [0.25, 0.3) is 0 Å². The third-order valence-electron chi connectivity index (χ3n) is 4.42. The molecule has 0 aliphatic heterocycles. The fraction of sp³-hybridized carbons (Fsp3) is 0.579. The van der Waals surface area contributed by atoms with Gasteiger partial charge < -0.3 is 16.0 Å². The second-order valence-electron chi connectivity index (χ2n) is 6.49. The molecule has 1 saturated carbocycles. The van der Waals surface area contributed by atoms with Gasteiger partial charge in [-0.1, -0.05) is 49.1 Å². The molecule has 0 spiro atoms. The van der Waals surface area contributed by atoms with Gasteiger partial charge in [0.15, 0.2) is 5.96 Å². The molecule has 3 N–H and O–H groups in total. The highest BCUT2D eigenvalue weighted by molar-refractivity contribution is 14.0. The lowest BCUT2D eigenvalue weighted by Crippen LogP contribution is -2.41. The SMILES string of the molecule is CN=C(NCCC(=O)NC1CCCCC1)NCc1ccc(C)cc1.I. The number of nitrogens with zero attached hydrogens (tertiary/aromatic N) is 1. The molecule has 1 aliphatic carbocycles. The van der Waals surface area contributed by atoms with Crippen molar-refractivity contribution in [2.45, 2.75) is 58.0 Å². The highest BCUT2D eigenvalue weighted by Gasteiger charge is 2.15. The highest BCUT2D eigenvalue weighted by Crippen LogP contribution is 2.17. The third-order valence-corrected chi connectivity index (χ3v) is 4.42. The van der Waals surface area contributed by atoms with Crippen LogP contribution in [0.15, 0.2) is 29.3 Å². The van der Waals surface area contributed by atoms with Gasteiger partial charge in [0.2, 0.25) is 5.91 Å². The van der Waals surface area contributed by atoms with Gasteiger partial charge >= 0.3 is 0 Å². The molecule has 0 bridgehead atoms. The van der Waals surface area contributed by atoms with Gasteiger partial charge in [-0.2, -0.15) is 0 Å². The van der Waals surface area contributed by atoms with Gasteiger partial charge in [-0.3, -0.25) is 9.79 Å². The van der Waals surface area contributed by atoms with Crippen LogP contribution in [-0.4, -0.2) is 31.5 Å². The first-order valence-electron chi connectivity index (χ1n) is 8.97. The van der Waals surface area contributed by atoms with Gasteiger partial charge in [-0.05, 0) is 25.3 Å². The van der Waals surface area contributed by atoms with E-state index in [0.29, 0.717) is 25.6 Å². The molecule has 0 aromatic heterocycles. The number of benzene rings is 1. The van der Waals surface area contributed by atoms with Crippen LogP contribution in [0.2, 0.25) is 0 Å². The normalized spacial score (nSPS) is 15.2. The van der Waals surface area contributed by atoms with Gasteiger partial charge in [-0.15, -0.1) is 24.0 Å². The molecule has 0 atom stereocenters. The van der Waals surface area contributed by atoms with Crippen molar-refractivity contribution in [1.82, 2.24) is 16.0 Å². The summed E-state index contributed by atoms with van der Waals surface area (Å²) >= 11 is 0. The van der Waals surface area contributed by atoms with Crippen LogP contribution >= 0.6 is 24.0 Å². The lowest BCUT2D eigenvalue weighted by atomic mass is 9.95. The maximum absolute atomic E-state index is 12.0. The molecule has 1 aromatic rings. The van der Waals surface area contributed by atoms with Crippen molar-refractivity contribution >= 4 is 35.8 Å². The molecule has 2 rings (SSSR count). The predicted molar refractivity (Wildman–Crippen MR) is 114 cm³/mol. The Bertz CT molecular complexity index is 539. The number of carbonyl (C=O) groups is 1. The van der Waals surface area contributed by atoms with Crippen molar-refractivity contribution in [2.75, 3.05) is 13.6 Å². The van der Waals surface area contributed by atoms with E-state index in [4.69, 9.17) is 0 Å². The molecule has 1 fully saturated rings. The molecule has 0 radical (unpaired) electrons. The highest BCUT2D eigenvalue weighted by atomic mass is 127. The maximum Gasteiger partial charge on any atom is 0.221 e. The zero-order valence-corrected chi connectivity index (χ0v) is 17.6. The summed E-state index contributed by atoms with van der Waals surface area (Å²) in [5, 5.41) is 9.60. The average Bonchev–Trinajstić information content (AvgIpc) is 2.60. The number of carbonyl (C=O) groups excluding carboxylic acids is 1. The van der Waals surface area contributed by atoms with E-state index in [1.807, 2.05) is 0 Å². The van der Waals surface area contributed by atoms with Crippen LogP contribution in [0.5, 0.6) is 0 Å². The van der Waals surface area contributed by atoms with Crippen molar-refractivity contribution < 1.29 is 4.79 Å². The summed E-state index contributed by atoms with van der Waals surface area (Å²) < 4.78 is 0. The summed E-state index contributed by atoms with van der Waals surface area (Å²) in [6.45, 7) is 3.39. The number of guanidine groups is 1. The number of rotatable bonds is 6. The van der Waals surface area contributed by atoms with Crippen LogP contribution < -0.4 is 16.0 Å². The van der Waals surface area contributed by atoms with Gasteiger partial charge in [0, 0.05) is 32.6 Å². The summed E-state index contributed by atoms with van der Waals surface area (Å²) in [5.74, 6) is 0.851. The average molecular weight is 458 g/mol. The fourth-order valence-electron chi connectivity index (χ4n) is 2.95. The Labute approximate surface area is 168 Å². The molecular formula is C19H31IN4O. The first kappa shape index (κ1) is 21.7. The molecule has 1 aliphatic rings. The smallest absolute Gasteiger partial charge is 0.221 e. The minimum atomic E-state index is 0. The first-order chi connectivity index (χ1) is 11.7. The van der Waals surface area contributed by atoms with Crippen molar-refractivity contribution in [1.29, 1.82) is 0 Å². The summed E-state index contributed by atoms with van der Waals surface area (Å²) in [4.78, 5) is 16.2. The second-order valence-corrected chi connectivity index (χ2v) is 6.49. The number of aliphatic imine (C=N–C) groups is 1. The second kappa shape index (κ2) is 12.1. The lowest BCUT2D eigenvalue weighted by Gasteiger charge is -2.22. The molecular weight excluding hydrogens is 427 g/mol. The summed E-state index contributed by atoms with van der Waals surface area (Å²) in [5.41, 5.74) is 2.46. The molecule has 0 heterocycles. The van der Waals surface area contributed by atoms with E-state index in [-0.39, 0.29) is 29.9 Å². The Morgan fingerprint density at radius 3 is 2.44 bits per heavy atom. The minimum Gasteiger partial charge on any atom is -0.356 e. The van der Waals surface area contributed by atoms with E-state index in [2.05, 4.69) is 52.1 Å². The van der Waals surface area contributed by atoms with Crippen molar-refractivity contribution in [3.8, 4) is 0 Å². The van der Waals surface area contributed by atoms with Crippen molar-refractivity contribution in [3.05, 3.63) is 35.4 Å². The Morgan fingerprint density at radius 2 is 1.80 bits per heavy atom. The topological polar surface area (TPSA) is 65.5 Å².